The van der Waals surface area contributed by atoms with E-state index >= 15 is 0 Å². The summed E-state index contributed by atoms with van der Waals surface area (Å²) in [5, 5.41) is 20.6. The zero-order valence-corrected chi connectivity index (χ0v) is 24.7. The number of hydrogen-bond donors (Lipinski definition) is 3. The maximum atomic E-state index is 13.4. The number of nitrogens with one attached hydrogen (secondary N) is 1. The summed E-state index contributed by atoms with van der Waals surface area (Å²) in [5.41, 5.74) is 2.66. The lowest BCUT2D eigenvalue weighted by atomic mass is 10.0. The zero-order chi connectivity index (χ0) is 34.0. The van der Waals surface area contributed by atoms with Crippen molar-refractivity contribution in [2.75, 3.05) is 31.4 Å². The Morgan fingerprint density at radius 1 is 1.15 bits per heavy atom. The molecule has 12 nitrogen and oxygen atoms in total. The number of aromatic nitrogens is 2. The van der Waals surface area contributed by atoms with Gasteiger partial charge in [0.2, 0.25) is 21.8 Å². The van der Waals surface area contributed by atoms with Crippen molar-refractivity contribution < 1.29 is 59.1 Å². The standard InChI is InChI=1S/C25H26F3N5O5S.C2HF3O2/c1-32(22(35)10-15-5-6-18-14-39(36,37)31-20(18)9-15)21(13-33-8-7-19(34)12-33)16-3-2-4-17(11-16)23-29-24(38-30-23)25(26,27)28;3-2(4,5)1(6)7/h2-6,9,11,19,21,31,34H,7-8,10,12-14H2,1H3;(H,6,7)/t19-,21+;/m0./s1. The lowest BCUT2D eigenvalue weighted by Crippen LogP contribution is -2.39. The van der Waals surface area contributed by atoms with Crippen molar-refractivity contribution in [1.82, 2.24) is 19.9 Å². The third-order valence-electron chi connectivity index (χ3n) is 7.12. The van der Waals surface area contributed by atoms with Gasteiger partial charge >= 0.3 is 24.2 Å². The topological polar surface area (TPSA) is 166 Å². The van der Waals surface area contributed by atoms with Gasteiger partial charge in [0.15, 0.2) is 0 Å². The van der Waals surface area contributed by atoms with Gasteiger partial charge in [-0.1, -0.05) is 35.5 Å². The van der Waals surface area contributed by atoms with E-state index in [1.807, 2.05) is 4.90 Å². The number of sulfonamides is 1. The van der Waals surface area contributed by atoms with E-state index in [0.717, 1.165) is 0 Å². The fraction of sp³-hybridized carbons (Fsp3) is 0.407. The van der Waals surface area contributed by atoms with Crippen molar-refractivity contribution >= 4 is 27.6 Å². The number of aliphatic hydroxyl groups is 1. The van der Waals surface area contributed by atoms with Gasteiger partial charge in [0.1, 0.15) is 0 Å². The van der Waals surface area contributed by atoms with Crippen LogP contribution in [0.5, 0.6) is 0 Å². The highest BCUT2D eigenvalue weighted by molar-refractivity contribution is 7.92. The molecule has 1 saturated heterocycles. The summed E-state index contributed by atoms with van der Waals surface area (Å²) >= 11 is 0. The average molecular weight is 680 g/mol. The Morgan fingerprint density at radius 2 is 1.85 bits per heavy atom. The second kappa shape index (κ2) is 13.2. The minimum atomic E-state index is -5.08. The number of aliphatic carboxylic acids is 1. The monoisotopic (exact) mass is 679 g/mol. The minimum absolute atomic E-state index is 0.00408. The first kappa shape index (κ1) is 34.6. The highest BCUT2D eigenvalue weighted by atomic mass is 32.2. The largest absolute Gasteiger partial charge is 0.490 e. The van der Waals surface area contributed by atoms with Crippen LogP contribution in [0, 0.1) is 0 Å². The van der Waals surface area contributed by atoms with E-state index in [9.17, 15) is 44.7 Å². The summed E-state index contributed by atoms with van der Waals surface area (Å²) in [6, 6.07) is 11.1. The highest BCUT2D eigenvalue weighted by Crippen LogP contribution is 2.32. The van der Waals surface area contributed by atoms with Gasteiger partial charge < -0.3 is 19.6 Å². The molecule has 0 aliphatic carbocycles. The molecule has 0 bridgehead atoms. The fourth-order valence-corrected chi connectivity index (χ4v) is 6.11. The normalized spacial score (nSPS) is 18.2. The molecule has 2 aliphatic heterocycles. The number of nitrogens with zero attached hydrogens (tertiary/aromatic N) is 4. The van der Waals surface area contributed by atoms with E-state index in [2.05, 4.69) is 19.4 Å². The maximum Gasteiger partial charge on any atom is 0.490 e. The fourth-order valence-electron chi connectivity index (χ4n) is 4.85. The summed E-state index contributed by atoms with van der Waals surface area (Å²) in [6.07, 6.45) is -9.73. The first-order valence-corrected chi connectivity index (χ1v) is 15.1. The molecule has 3 heterocycles. The van der Waals surface area contributed by atoms with Gasteiger partial charge in [0.05, 0.1) is 30.0 Å². The molecule has 0 saturated carbocycles. The average Bonchev–Trinajstić information content (AvgIpc) is 3.68. The predicted molar refractivity (Wildman–Crippen MR) is 147 cm³/mol. The molecule has 0 radical (unpaired) electrons. The number of fused-ring (bicyclic) bond motifs is 1. The van der Waals surface area contributed by atoms with Crippen LogP contribution in [-0.4, -0.2) is 89.4 Å². The van der Waals surface area contributed by atoms with Gasteiger partial charge in [-0.2, -0.15) is 31.3 Å². The number of halogens is 6. The molecule has 250 valence electrons. The smallest absolute Gasteiger partial charge is 0.475 e. The summed E-state index contributed by atoms with van der Waals surface area (Å²) in [5.74, 6) is -4.79. The van der Waals surface area contributed by atoms with Crippen molar-refractivity contribution in [3.63, 3.8) is 0 Å². The Kier molecular flexibility index (Phi) is 9.98. The SMILES string of the molecule is CN(C(=O)Cc1ccc2c(c1)NS(=O)(=O)C2)[C@H](CN1CC[C@H](O)C1)c1cccc(-c2noc(C(F)(F)F)n2)c1.O=C(O)C(F)(F)F. The van der Waals surface area contributed by atoms with Gasteiger partial charge in [-0.05, 0) is 35.2 Å². The Hall–Kier alpha value is -4.23. The quantitative estimate of drug-likeness (QED) is 0.315. The van der Waals surface area contributed by atoms with Crippen LogP contribution in [0.3, 0.4) is 0 Å². The van der Waals surface area contributed by atoms with Gasteiger partial charge in [-0.3, -0.25) is 14.4 Å². The van der Waals surface area contributed by atoms with Crippen molar-refractivity contribution in [3.8, 4) is 11.4 Å². The second-order valence-electron chi connectivity index (χ2n) is 10.6. The minimum Gasteiger partial charge on any atom is -0.475 e. The van der Waals surface area contributed by atoms with Crippen molar-refractivity contribution in [3.05, 3.63) is 65.0 Å². The molecule has 19 heteroatoms. The number of alkyl halides is 6. The third kappa shape index (κ3) is 8.73. The number of likely N-dealkylation sites (tertiary alicyclic amines) is 1. The van der Waals surface area contributed by atoms with Crippen LogP contribution in [0.4, 0.5) is 32.0 Å². The summed E-state index contributed by atoms with van der Waals surface area (Å²) in [7, 11) is -1.78. The molecule has 2 atom stereocenters. The lowest BCUT2D eigenvalue weighted by molar-refractivity contribution is -0.192. The number of likely N-dealkylation sites (N-methyl/N-ethyl adjacent to an activating group) is 1. The van der Waals surface area contributed by atoms with Crippen LogP contribution < -0.4 is 4.72 Å². The van der Waals surface area contributed by atoms with E-state index in [1.165, 1.54) is 0 Å². The Bertz CT molecular complexity index is 1700. The van der Waals surface area contributed by atoms with E-state index in [4.69, 9.17) is 9.90 Å². The van der Waals surface area contributed by atoms with E-state index in [-0.39, 0.29) is 23.9 Å². The molecule has 0 unspecified atom stereocenters. The van der Waals surface area contributed by atoms with Crippen LogP contribution in [0.2, 0.25) is 0 Å². The highest BCUT2D eigenvalue weighted by Gasteiger charge is 2.39. The Balaban J connectivity index is 0.000000617. The van der Waals surface area contributed by atoms with E-state index in [1.54, 1.807) is 54.4 Å². The molecule has 0 spiro atoms. The van der Waals surface area contributed by atoms with Crippen molar-refractivity contribution in [2.24, 2.45) is 0 Å². The van der Waals surface area contributed by atoms with Gasteiger partial charge in [0.25, 0.3) is 0 Å². The van der Waals surface area contributed by atoms with Crippen LogP contribution >= 0.6 is 0 Å². The predicted octanol–water partition coefficient (Wildman–Crippen LogP) is 3.45. The second-order valence-corrected chi connectivity index (χ2v) is 12.3. The summed E-state index contributed by atoms with van der Waals surface area (Å²) in [6.45, 7) is 1.44. The van der Waals surface area contributed by atoms with Crippen molar-refractivity contribution in [1.29, 1.82) is 0 Å². The first-order chi connectivity index (χ1) is 21.3. The Morgan fingerprint density at radius 3 is 2.43 bits per heavy atom. The van der Waals surface area contributed by atoms with Crippen LogP contribution in [0.15, 0.2) is 47.0 Å². The number of amides is 1. The van der Waals surface area contributed by atoms with Crippen LogP contribution in [0.25, 0.3) is 11.4 Å². The number of rotatable bonds is 7. The van der Waals surface area contributed by atoms with Gasteiger partial charge in [0, 0.05) is 32.2 Å². The van der Waals surface area contributed by atoms with E-state index in [0.29, 0.717) is 54.0 Å². The molecule has 1 fully saturated rings. The summed E-state index contributed by atoms with van der Waals surface area (Å²) < 4.78 is 101. The van der Waals surface area contributed by atoms with Crippen LogP contribution in [0.1, 0.15) is 35.0 Å². The maximum absolute atomic E-state index is 13.4. The number of carboxylic acid groups (broad SMARTS) is 1. The molecule has 3 N–H and O–H groups in total. The molecule has 1 amide bonds. The molecule has 1 aromatic heterocycles. The number of carbonyl (C=O) groups excluding carboxylic acids is 1. The third-order valence-corrected chi connectivity index (χ3v) is 8.34. The number of carboxylic acids is 1. The van der Waals surface area contributed by atoms with Crippen molar-refractivity contribution in [2.45, 2.75) is 43.1 Å². The number of hydrogen-bond acceptors (Lipinski definition) is 9. The number of β-amino-alcohol motifs (C(OH)–C–C–N with tert-alkyl or cyclic N) is 1. The molecule has 46 heavy (non-hydrogen) atoms. The molecule has 2 aromatic carbocycles. The lowest BCUT2D eigenvalue weighted by Gasteiger charge is -2.32. The van der Waals surface area contributed by atoms with Gasteiger partial charge in [-0.25, -0.2) is 13.2 Å². The van der Waals surface area contributed by atoms with E-state index < -0.39 is 46.4 Å². The number of carbonyl (C=O) groups is 2. The number of benzene rings is 2. The molecule has 5 rings (SSSR count). The number of aliphatic hydroxyl groups excluding tert-OH is 1. The van der Waals surface area contributed by atoms with Gasteiger partial charge in [-0.15, -0.1) is 0 Å². The molecular weight excluding hydrogens is 652 g/mol. The number of anilines is 1. The first-order valence-electron chi connectivity index (χ1n) is 13.4. The van der Waals surface area contributed by atoms with Crippen LogP contribution in [-0.2, 0) is 38.0 Å². The molecule has 2 aliphatic rings. The molecule has 3 aromatic rings. The molecular formula is C27H27F6N5O7S. The summed E-state index contributed by atoms with van der Waals surface area (Å²) in [4.78, 5) is 29.4. The Labute approximate surface area is 257 Å². The zero-order valence-electron chi connectivity index (χ0n) is 23.8.